The topological polar surface area (TPSA) is 37.9 Å². The van der Waals surface area contributed by atoms with Gasteiger partial charge in [-0.05, 0) is 75.3 Å². The lowest BCUT2D eigenvalue weighted by molar-refractivity contribution is 0.620. The number of para-hydroxylation sites is 1. The molecule has 4 heteroatoms. The number of hydrogen-bond acceptors (Lipinski definition) is 4. The van der Waals surface area contributed by atoms with Gasteiger partial charge in [0.05, 0.1) is 11.8 Å². The third-order valence-corrected chi connectivity index (χ3v) is 12.6. The zero-order valence-corrected chi connectivity index (χ0v) is 30.2. The van der Waals surface area contributed by atoms with Crippen molar-refractivity contribution in [1.82, 2.24) is 0 Å². The zero-order chi connectivity index (χ0) is 35.3. The van der Waals surface area contributed by atoms with Gasteiger partial charge in [-0.1, -0.05) is 129 Å². The van der Waals surface area contributed by atoms with Crippen molar-refractivity contribution in [3.8, 4) is 22.3 Å². The Balaban J connectivity index is 1.02. The predicted octanol–water partition coefficient (Wildman–Crippen LogP) is 13.3. The summed E-state index contributed by atoms with van der Waals surface area (Å²) in [6.45, 7) is 4.66. The Bertz CT molecular complexity index is 3010. The number of furan rings is 1. The summed E-state index contributed by atoms with van der Waals surface area (Å²) < 4.78 is 9.16. The number of fused-ring (bicyclic) bond motifs is 10. The summed E-state index contributed by atoms with van der Waals surface area (Å²) in [5, 5.41) is 4.96. The van der Waals surface area contributed by atoms with Crippen LogP contribution in [-0.4, -0.2) is 11.5 Å². The lowest BCUT2D eigenvalue weighted by Gasteiger charge is -2.23. The Morgan fingerprint density at radius 1 is 0.604 bits per heavy atom. The third-order valence-electron chi connectivity index (χ3n) is 11.4. The SMILES string of the molecule is CC1(C)c2cc(-c3cccc(C4=NC(c5cccc6sc7ccccc7c56)CC(c5ccccc5)=N4)c3)ccc2-c2ccc3c(oc4ccccc43)c21. The van der Waals surface area contributed by atoms with Gasteiger partial charge in [0.25, 0.3) is 0 Å². The van der Waals surface area contributed by atoms with E-state index in [-0.39, 0.29) is 11.5 Å². The Morgan fingerprint density at radius 2 is 1.32 bits per heavy atom. The fourth-order valence-electron chi connectivity index (χ4n) is 8.87. The molecule has 3 heterocycles. The first kappa shape index (κ1) is 30.5. The Labute approximate surface area is 311 Å². The van der Waals surface area contributed by atoms with E-state index in [1.54, 1.807) is 0 Å². The van der Waals surface area contributed by atoms with Gasteiger partial charge in [-0.25, -0.2) is 4.99 Å². The quantitative estimate of drug-likeness (QED) is 0.180. The van der Waals surface area contributed by atoms with Crippen molar-refractivity contribution in [2.45, 2.75) is 31.7 Å². The fraction of sp³-hybridized carbons (Fsp3) is 0.102. The first-order chi connectivity index (χ1) is 26.0. The van der Waals surface area contributed by atoms with E-state index >= 15 is 0 Å². The van der Waals surface area contributed by atoms with Crippen molar-refractivity contribution in [2.75, 3.05) is 0 Å². The number of nitrogens with zero attached hydrogens (tertiary/aromatic N) is 2. The molecule has 1 aliphatic carbocycles. The van der Waals surface area contributed by atoms with Gasteiger partial charge in [0, 0.05) is 53.9 Å². The Morgan fingerprint density at radius 3 is 2.23 bits per heavy atom. The highest BCUT2D eigenvalue weighted by molar-refractivity contribution is 7.25. The summed E-state index contributed by atoms with van der Waals surface area (Å²) in [5.41, 5.74) is 13.7. The molecule has 0 bridgehead atoms. The summed E-state index contributed by atoms with van der Waals surface area (Å²) >= 11 is 1.86. The number of thiophene rings is 1. The standard InChI is InChI=1S/C49H34N2OS/c1-49(2)39-27-31(22-23-33(39)35-24-25-36-34-16-6-8-19-42(34)52-47(36)46(35)49)30-14-10-15-32(26-30)48-50-40(29-12-4-3-5-13-29)28-41(51-48)37-18-11-21-44-45(37)38-17-7-9-20-43(38)53-44/h3-27,41H,28H2,1-2H3. The van der Waals surface area contributed by atoms with Crippen LogP contribution in [0.1, 0.15) is 54.1 Å². The minimum Gasteiger partial charge on any atom is -0.456 e. The molecule has 1 atom stereocenters. The van der Waals surface area contributed by atoms with Crippen molar-refractivity contribution >= 4 is 65.0 Å². The van der Waals surface area contributed by atoms with Gasteiger partial charge in [-0.3, -0.25) is 4.99 Å². The van der Waals surface area contributed by atoms with Crippen LogP contribution in [0.25, 0.3) is 64.4 Å². The molecule has 3 nitrogen and oxygen atoms in total. The number of benzene rings is 7. The van der Waals surface area contributed by atoms with Crippen molar-refractivity contribution in [3.63, 3.8) is 0 Å². The molecule has 11 rings (SSSR count). The first-order valence-electron chi connectivity index (χ1n) is 18.3. The summed E-state index contributed by atoms with van der Waals surface area (Å²) in [6.07, 6.45) is 0.745. The van der Waals surface area contributed by atoms with E-state index in [0.29, 0.717) is 0 Å². The van der Waals surface area contributed by atoms with E-state index in [9.17, 15) is 0 Å². The minimum atomic E-state index is -0.228. The first-order valence-corrected chi connectivity index (χ1v) is 19.1. The fourth-order valence-corrected chi connectivity index (χ4v) is 10.0. The van der Waals surface area contributed by atoms with Crippen LogP contribution in [0.3, 0.4) is 0 Å². The molecule has 2 aromatic heterocycles. The highest BCUT2D eigenvalue weighted by Gasteiger charge is 2.39. The molecule has 252 valence electrons. The molecule has 9 aromatic rings. The zero-order valence-electron chi connectivity index (χ0n) is 29.4. The normalized spacial score (nSPS) is 16.2. The second-order valence-corrected chi connectivity index (χ2v) is 15.9. The summed E-state index contributed by atoms with van der Waals surface area (Å²) in [5.74, 6) is 0.777. The van der Waals surface area contributed by atoms with Crippen LogP contribution in [0.5, 0.6) is 0 Å². The molecular formula is C49H34N2OS. The van der Waals surface area contributed by atoms with E-state index in [0.717, 1.165) is 45.8 Å². The van der Waals surface area contributed by atoms with Crippen LogP contribution in [0.4, 0.5) is 0 Å². The van der Waals surface area contributed by atoms with Crippen molar-refractivity contribution in [3.05, 3.63) is 179 Å². The molecule has 1 unspecified atom stereocenters. The van der Waals surface area contributed by atoms with Crippen LogP contribution < -0.4 is 0 Å². The molecule has 0 saturated carbocycles. The van der Waals surface area contributed by atoms with Crippen LogP contribution >= 0.6 is 11.3 Å². The summed E-state index contributed by atoms with van der Waals surface area (Å²) in [7, 11) is 0. The average molecular weight is 699 g/mol. The number of rotatable bonds is 4. The Kier molecular flexibility index (Phi) is 6.59. The van der Waals surface area contributed by atoms with Gasteiger partial charge < -0.3 is 4.42 Å². The predicted molar refractivity (Wildman–Crippen MR) is 223 cm³/mol. The number of hydrogen-bond donors (Lipinski definition) is 0. The van der Waals surface area contributed by atoms with Crippen LogP contribution in [0.2, 0.25) is 0 Å². The van der Waals surface area contributed by atoms with Gasteiger partial charge in [-0.2, -0.15) is 0 Å². The summed E-state index contributed by atoms with van der Waals surface area (Å²) in [4.78, 5) is 10.7. The number of aliphatic imine (C=N–C) groups is 2. The van der Waals surface area contributed by atoms with Crippen LogP contribution in [0.15, 0.2) is 166 Å². The molecule has 0 fully saturated rings. The van der Waals surface area contributed by atoms with Gasteiger partial charge in [0.1, 0.15) is 11.2 Å². The van der Waals surface area contributed by atoms with Crippen molar-refractivity contribution in [2.24, 2.45) is 9.98 Å². The highest BCUT2D eigenvalue weighted by atomic mass is 32.1. The minimum absolute atomic E-state index is 0.0579. The van der Waals surface area contributed by atoms with Crippen LogP contribution in [0, 0.1) is 0 Å². The smallest absolute Gasteiger partial charge is 0.155 e. The maximum Gasteiger partial charge on any atom is 0.155 e. The van der Waals surface area contributed by atoms with Crippen molar-refractivity contribution < 1.29 is 4.42 Å². The molecule has 53 heavy (non-hydrogen) atoms. The van der Waals surface area contributed by atoms with Gasteiger partial charge in [-0.15, -0.1) is 11.3 Å². The Hall–Kier alpha value is -6.10. The molecule has 2 aliphatic rings. The summed E-state index contributed by atoms with van der Waals surface area (Å²) in [6, 6.07) is 54.5. The van der Waals surface area contributed by atoms with Crippen molar-refractivity contribution in [1.29, 1.82) is 0 Å². The highest BCUT2D eigenvalue weighted by Crippen LogP contribution is 2.53. The molecule has 0 amide bonds. The second kappa shape index (κ2) is 11.4. The van der Waals surface area contributed by atoms with Gasteiger partial charge in [0.2, 0.25) is 0 Å². The van der Waals surface area contributed by atoms with Gasteiger partial charge in [0.15, 0.2) is 5.84 Å². The molecular weight excluding hydrogens is 665 g/mol. The second-order valence-electron chi connectivity index (χ2n) is 14.8. The maximum atomic E-state index is 6.56. The lowest BCUT2D eigenvalue weighted by atomic mass is 9.81. The van der Waals surface area contributed by atoms with E-state index in [1.165, 1.54) is 64.3 Å². The van der Waals surface area contributed by atoms with E-state index in [1.807, 2.05) is 17.4 Å². The molecule has 0 radical (unpaired) electrons. The van der Waals surface area contributed by atoms with Crippen LogP contribution in [-0.2, 0) is 5.41 Å². The lowest BCUT2D eigenvalue weighted by Crippen LogP contribution is -2.17. The molecule has 0 N–H and O–H groups in total. The molecule has 0 spiro atoms. The largest absolute Gasteiger partial charge is 0.456 e. The van der Waals surface area contributed by atoms with E-state index in [2.05, 4.69) is 159 Å². The molecule has 7 aromatic carbocycles. The van der Waals surface area contributed by atoms with E-state index < -0.39 is 0 Å². The maximum absolute atomic E-state index is 6.56. The average Bonchev–Trinajstić information content (AvgIpc) is 3.85. The number of amidine groups is 1. The van der Waals surface area contributed by atoms with Gasteiger partial charge >= 0.3 is 0 Å². The molecule has 1 aliphatic heterocycles. The monoisotopic (exact) mass is 698 g/mol. The molecule has 0 saturated heterocycles. The third kappa shape index (κ3) is 4.65. The van der Waals surface area contributed by atoms with E-state index in [4.69, 9.17) is 14.4 Å².